The van der Waals surface area contributed by atoms with E-state index < -0.39 is 5.97 Å². The van der Waals surface area contributed by atoms with Crippen molar-refractivity contribution in [3.05, 3.63) is 18.0 Å². The van der Waals surface area contributed by atoms with Crippen molar-refractivity contribution >= 4 is 11.9 Å². The molecule has 0 bridgehead atoms. The van der Waals surface area contributed by atoms with Crippen LogP contribution >= 0.6 is 0 Å². The lowest BCUT2D eigenvalue weighted by Crippen LogP contribution is -2.28. The number of rotatable bonds is 6. The quantitative estimate of drug-likeness (QED) is 0.807. The molecule has 19 heavy (non-hydrogen) atoms. The fraction of sp³-hybridized carbons (Fsp3) is 0.615. The number of aromatic nitrogens is 2. The van der Waals surface area contributed by atoms with Crippen LogP contribution in [0.15, 0.2) is 12.4 Å². The highest BCUT2D eigenvalue weighted by Gasteiger charge is 2.22. The zero-order valence-electron chi connectivity index (χ0n) is 11.2. The molecule has 1 aromatic rings. The summed E-state index contributed by atoms with van der Waals surface area (Å²) in [7, 11) is 0. The van der Waals surface area contributed by atoms with Crippen molar-refractivity contribution in [1.82, 2.24) is 14.9 Å². The second kappa shape index (κ2) is 6.47. The molecule has 1 fully saturated rings. The summed E-state index contributed by atoms with van der Waals surface area (Å²) in [6, 6.07) is 0.671. The highest BCUT2D eigenvalue weighted by atomic mass is 16.4. The first-order valence-electron chi connectivity index (χ1n) is 6.69. The van der Waals surface area contributed by atoms with Gasteiger partial charge < -0.3 is 10.4 Å². The smallest absolute Gasteiger partial charge is 0.322 e. The van der Waals surface area contributed by atoms with Crippen LogP contribution in [-0.2, 0) is 11.3 Å². The molecule has 0 aromatic carbocycles. The van der Waals surface area contributed by atoms with E-state index in [0.29, 0.717) is 12.0 Å². The Kier molecular flexibility index (Phi) is 4.68. The van der Waals surface area contributed by atoms with E-state index in [0.717, 1.165) is 18.7 Å². The van der Waals surface area contributed by atoms with Crippen LogP contribution in [0.1, 0.15) is 31.7 Å². The maximum absolute atomic E-state index is 10.4. The van der Waals surface area contributed by atoms with Crippen molar-refractivity contribution in [1.29, 1.82) is 0 Å². The minimum Gasteiger partial charge on any atom is -0.480 e. The van der Waals surface area contributed by atoms with Gasteiger partial charge in [0.25, 0.3) is 0 Å². The first kappa shape index (κ1) is 13.7. The van der Waals surface area contributed by atoms with Gasteiger partial charge in [-0.15, -0.1) is 0 Å². The Balaban J connectivity index is 1.89. The monoisotopic (exact) mass is 264 g/mol. The summed E-state index contributed by atoms with van der Waals surface area (Å²) >= 11 is 0. The van der Waals surface area contributed by atoms with Gasteiger partial charge in [0.2, 0.25) is 5.95 Å². The molecule has 1 atom stereocenters. The number of nitrogens with zero attached hydrogens (tertiary/aromatic N) is 3. The number of hydrogen-bond acceptors (Lipinski definition) is 5. The molecule has 1 saturated heterocycles. The molecule has 104 valence electrons. The molecule has 6 nitrogen and oxygen atoms in total. The van der Waals surface area contributed by atoms with Crippen LogP contribution in [0.4, 0.5) is 5.95 Å². The molecule has 0 radical (unpaired) electrons. The largest absolute Gasteiger partial charge is 0.480 e. The summed E-state index contributed by atoms with van der Waals surface area (Å²) in [5.41, 5.74) is 1.07. The fourth-order valence-corrected chi connectivity index (χ4v) is 2.48. The average molecular weight is 264 g/mol. The lowest BCUT2D eigenvalue weighted by atomic mass is 10.1. The van der Waals surface area contributed by atoms with E-state index in [9.17, 15) is 4.79 Å². The second-order valence-electron chi connectivity index (χ2n) is 4.84. The Morgan fingerprint density at radius 3 is 2.89 bits per heavy atom. The molecule has 0 saturated carbocycles. The van der Waals surface area contributed by atoms with Gasteiger partial charge in [0, 0.05) is 30.5 Å². The Labute approximate surface area is 112 Å². The van der Waals surface area contributed by atoms with Gasteiger partial charge in [-0.25, -0.2) is 9.97 Å². The number of likely N-dealkylation sites (tertiary alicyclic amines) is 1. The van der Waals surface area contributed by atoms with Gasteiger partial charge in [-0.05, 0) is 25.8 Å². The zero-order chi connectivity index (χ0) is 13.7. The molecule has 2 heterocycles. The molecule has 0 spiro atoms. The minimum atomic E-state index is -0.921. The van der Waals surface area contributed by atoms with Crippen LogP contribution in [0.2, 0.25) is 0 Å². The second-order valence-corrected chi connectivity index (χ2v) is 4.84. The van der Waals surface area contributed by atoms with Gasteiger partial charge in [0.15, 0.2) is 0 Å². The number of hydrogen-bond donors (Lipinski definition) is 2. The fourth-order valence-electron chi connectivity index (χ4n) is 2.48. The van der Waals surface area contributed by atoms with Gasteiger partial charge in [0.1, 0.15) is 6.54 Å². The Morgan fingerprint density at radius 1 is 1.53 bits per heavy atom. The van der Waals surface area contributed by atoms with E-state index >= 15 is 0 Å². The van der Waals surface area contributed by atoms with Crippen molar-refractivity contribution in [2.24, 2.45) is 0 Å². The molecule has 0 unspecified atom stereocenters. The normalized spacial score (nSPS) is 19.5. The number of anilines is 1. The number of carboxylic acid groups (broad SMARTS) is 1. The van der Waals surface area contributed by atoms with Gasteiger partial charge in [-0.2, -0.15) is 0 Å². The van der Waals surface area contributed by atoms with Crippen LogP contribution in [0.25, 0.3) is 0 Å². The molecular formula is C13H20N4O2. The van der Waals surface area contributed by atoms with E-state index in [4.69, 9.17) is 5.11 Å². The first-order chi connectivity index (χ1) is 9.19. The highest BCUT2D eigenvalue weighted by Crippen LogP contribution is 2.21. The summed E-state index contributed by atoms with van der Waals surface area (Å²) in [5.74, 6) is -0.560. The Morgan fingerprint density at radius 2 is 2.26 bits per heavy atom. The van der Waals surface area contributed by atoms with Crippen LogP contribution < -0.4 is 5.32 Å². The molecule has 0 amide bonds. The molecule has 1 aliphatic heterocycles. The molecule has 1 aromatic heterocycles. The summed E-state index contributed by atoms with van der Waals surface area (Å²) in [6.45, 7) is 4.07. The Hall–Kier alpha value is -1.69. The number of carbonyl (C=O) groups is 1. The van der Waals surface area contributed by atoms with E-state index in [1.807, 2.05) is 0 Å². The third kappa shape index (κ3) is 3.89. The number of aliphatic carboxylic acids is 1. The first-order valence-corrected chi connectivity index (χ1v) is 6.69. The molecule has 2 rings (SSSR count). The van der Waals surface area contributed by atoms with E-state index in [1.54, 1.807) is 12.4 Å². The maximum Gasteiger partial charge on any atom is 0.322 e. The Bertz CT molecular complexity index is 421. The maximum atomic E-state index is 10.4. The average Bonchev–Trinajstić information content (AvgIpc) is 2.85. The molecule has 0 aliphatic carbocycles. The van der Waals surface area contributed by atoms with Gasteiger partial charge in [-0.1, -0.05) is 6.92 Å². The van der Waals surface area contributed by atoms with E-state index in [-0.39, 0.29) is 6.54 Å². The molecule has 2 N–H and O–H groups in total. The van der Waals surface area contributed by atoms with Gasteiger partial charge in [0.05, 0.1) is 0 Å². The highest BCUT2D eigenvalue weighted by molar-refractivity contribution is 5.71. The SMILES string of the molecule is CC[C@H]1CCCN1Cc1cnc(NCC(=O)O)nc1. The van der Waals surface area contributed by atoms with Crippen LogP contribution in [0.5, 0.6) is 0 Å². The van der Waals surface area contributed by atoms with Crippen molar-refractivity contribution in [3.63, 3.8) is 0 Å². The van der Waals surface area contributed by atoms with Crippen molar-refractivity contribution in [3.8, 4) is 0 Å². The summed E-state index contributed by atoms with van der Waals surface area (Å²) in [4.78, 5) is 21.1. The molecule has 1 aliphatic rings. The summed E-state index contributed by atoms with van der Waals surface area (Å²) in [5, 5.41) is 11.2. The van der Waals surface area contributed by atoms with Crippen molar-refractivity contribution < 1.29 is 9.90 Å². The van der Waals surface area contributed by atoms with E-state index in [2.05, 4.69) is 27.1 Å². The van der Waals surface area contributed by atoms with Crippen molar-refractivity contribution in [2.45, 2.75) is 38.8 Å². The van der Waals surface area contributed by atoms with Crippen LogP contribution in [0.3, 0.4) is 0 Å². The standard InChI is InChI=1S/C13H20N4O2/c1-2-11-4-3-5-17(11)9-10-6-14-13(15-7-10)16-8-12(18)19/h6-7,11H,2-5,8-9H2,1H3,(H,18,19)(H,14,15,16)/t11-/m0/s1. The van der Waals surface area contributed by atoms with Crippen LogP contribution in [-0.4, -0.2) is 45.1 Å². The third-order valence-corrected chi connectivity index (χ3v) is 3.46. The molecular weight excluding hydrogens is 244 g/mol. The minimum absolute atomic E-state index is 0.163. The zero-order valence-corrected chi connectivity index (χ0v) is 11.2. The van der Waals surface area contributed by atoms with Crippen LogP contribution in [0, 0.1) is 0 Å². The lowest BCUT2D eigenvalue weighted by molar-refractivity contribution is -0.134. The van der Waals surface area contributed by atoms with Gasteiger partial charge in [-0.3, -0.25) is 9.69 Å². The number of carboxylic acids is 1. The number of nitrogens with one attached hydrogen (secondary N) is 1. The third-order valence-electron chi connectivity index (χ3n) is 3.46. The van der Waals surface area contributed by atoms with E-state index in [1.165, 1.54) is 19.3 Å². The summed E-state index contributed by atoms with van der Waals surface area (Å²) in [6.07, 6.45) is 7.25. The predicted molar refractivity (Wildman–Crippen MR) is 71.9 cm³/mol. The predicted octanol–water partition coefficient (Wildman–Crippen LogP) is 1.35. The van der Waals surface area contributed by atoms with Crippen molar-refractivity contribution in [2.75, 3.05) is 18.4 Å². The topological polar surface area (TPSA) is 78.4 Å². The molecule has 6 heteroatoms. The lowest BCUT2D eigenvalue weighted by Gasteiger charge is -2.22. The van der Waals surface area contributed by atoms with Gasteiger partial charge >= 0.3 is 5.97 Å². The summed E-state index contributed by atoms with van der Waals surface area (Å²) < 4.78 is 0.